The molecule has 1 aliphatic carbocycles. The minimum Gasteiger partial charge on any atom is -0.357 e. The number of anilines is 2. The van der Waals surface area contributed by atoms with Crippen LogP contribution in [0.25, 0.3) is 5.95 Å². The Kier molecular flexibility index (Phi) is 3.44. The molecule has 0 radical (unpaired) electrons. The van der Waals surface area contributed by atoms with Crippen LogP contribution in [0.3, 0.4) is 0 Å². The van der Waals surface area contributed by atoms with E-state index in [0.717, 1.165) is 12.3 Å². The summed E-state index contributed by atoms with van der Waals surface area (Å²) in [7, 11) is 1.78. The number of nitrogens with zero attached hydrogens (tertiary/aromatic N) is 6. The van der Waals surface area contributed by atoms with Crippen molar-refractivity contribution in [2.75, 3.05) is 17.7 Å². The van der Waals surface area contributed by atoms with Crippen LogP contribution in [-0.2, 0) is 0 Å². The fourth-order valence-electron chi connectivity index (χ4n) is 2.09. The second-order valence-electron chi connectivity index (χ2n) is 5.10. The molecule has 8 heteroatoms. The Hall–Kier alpha value is -2.25. The molecule has 2 N–H and O–H groups in total. The molecule has 106 valence electrons. The highest BCUT2D eigenvalue weighted by atomic mass is 15.4. The molecule has 0 spiro atoms. The standard InChI is InChI=1S/C12H18N8/c1-8(5-9-3-4-9)16-11-17-10(13-2)18-12(19-11)20-7-14-6-15-20/h6-9H,3-5H2,1-2H3,(H2,13,16,17,18,19). The van der Waals surface area contributed by atoms with Crippen molar-refractivity contribution in [2.45, 2.75) is 32.2 Å². The number of rotatable bonds is 6. The number of hydrogen-bond donors (Lipinski definition) is 2. The van der Waals surface area contributed by atoms with Crippen LogP contribution in [0.15, 0.2) is 12.7 Å². The lowest BCUT2D eigenvalue weighted by atomic mass is 10.2. The smallest absolute Gasteiger partial charge is 0.258 e. The Morgan fingerprint density at radius 3 is 2.75 bits per heavy atom. The molecule has 0 aromatic carbocycles. The molecule has 1 fully saturated rings. The predicted molar refractivity (Wildman–Crippen MR) is 74.7 cm³/mol. The molecule has 0 aliphatic heterocycles. The van der Waals surface area contributed by atoms with Gasteiger partial charge in [-0.1, -0.05) is 12.8 Å². The fraction of sp³-hybridized carbons (Fsp3) is 0.583. The van der Waals surface area contributed by atoms with Gasteiger partial charge in [0.05, 0.1) is 0 Å². The van der Waals surface area contributed by atoms with Crippen LogP contribution in [0.1, 0.15) is 26.2 Å². The number of aromatic nitrogens is 6. The lowest BCUT2D eigenvalue weighted by molar-refractivity contribution is 0.636. The van der Waals surface area contributed by atoms with E-state index in [1.165, 1.54) is 23.9 Å². The van der Waals surface area contributed by atoms with Gasteiger partial charge >= 0.3 is 0 Å². The molecule has 1 atom stereocenters. The van der Waals surface area contributed by atoms with Gasteiger partial charge in [0, 0.05) is 13.1 Å². The Morgan fingerprint density at radius 1 is 1.30 bits per heavy atom. The Balaban J connectivity index is 1.80. The maximum Gasteiger partial charge on any atom is 0.258 e. The van der Waals surface area contributed by atoms with E-state index in [1.54, 1.807) is 13.4 Å². The van der Waals surface area contributed by atoms with Gasteiger partial charge in [-0.2, -0.15) is 24.7 Å². The minimum absolute atomic E-state index is 0.346. The van der Waals surface area contributed by atoms with Gasteiger partial charge in [0.2, 0.25) is 11.9 Å². The molecular formula is C12H18N8. The van der Waals surface area contributed by atoms with E-state index in [-0.39, 0.29) is 0 Å². The van der Waals surface area contributed by atoms with Crippen molar-refractivity contribution in [2.24, 2.45) is 5.92 Å². The van der Waals surface area contributed by atoms with Gasteiger partial charge in [-0.05, 0) is 19.3 Å². The molecule has 1 unspecified atom stereocenters. The van der Waals surface area contributed by atoms with Gasteiger partial charge in [-0.15, -0.1) is 0 Å². The first kappa shape index (κ1) is 12.8. The van der Waals surface area contributed by atoms with Crippen LogP contribution in [0.4, 0.5) is 11.9 Å². The van der Waals surface area contributed by atoms with Gasteiger partial charge in [0.25, 0.3) is 5.95 Å². The fourth-order valence-corrected chi connectivity index (χ4v) is 2.09. The summed E-state index contributed by atoms with van der Waals surface area (Å²) < 4.78 is 1.51. The van der Waals surface area contributed by atoms with E-state index in [9.17, 15) is 0 Å². The normalized spacial score (nSPS) is 15.9. The number of hydrogen-bond acceptors (Lipinski definition) is 7. The molecule has 0 saturated heterocycles. The zero-order valence-corrected chi connectivity index (χ0v) is 11.6. The molecule has 2 aromatic rings. The van der Waals surface area contributed by atoms with E-state index in [2.05, 4.69) is 42.6 Å². The summed E-state index contributed by atoms with van der Waals surface area (Å²) in [5, 5.41) is 10.3. The summed E-state index contributed by atoms with van der Waals surface area (Å²) in [5.74, 6) is 2.37. The molecule has 8 nitrogen and oxygen atoms in total. The van der Waals surface area contributed by atoms with Crippen molar-refractivity contribution in [1.29, 1.82) is 0 Å². The third-order valence-corrected chi connectivity index (χ3v) is 3.23. The average Bonchev–Trinajstić information content (AvgIpc) is 3.08. The van der Waals surface area contributed by atoms with Crippen molar-refractivity contribution in [1.82, 2.24) is 29.7 Å². The van der Waals surface area contributed by atoms with E-state index < -0.39 is 0 Å². The zero-order chi connectivity index (χ0) is 13.9. The predicted octanol–water partition coefficient (Wildman–Crippen LogP) is 1.09. The molecule has 2 aromatic heterocycles. The zero-order valence-electron chi connectivity index (χ0n) is 11.6. The first-order chi connectivity index (χ1) is 9.74. The molecule has 2 heterocycles. The van der Waals surface area contributed by atoms with Crippen LogP contribution in [-0.4, -0.2) is 42.8 Å². The highest BCUT2D eigenvalue weighted by molar-refractivity contribution is 5.37. The third kappa shape index (κ3) is 3.01. The molecular weight excluding hydrogens is 256 g/mol. The van der Waals surface area contributed by atoms with Gasteiger partial charge < -0.3 is 10.6 Å². The minimum atomic E-state index is 0.346. The van der Waals surface area contributed by atoms with E-state index in [0.29, 0.717) is 23.9 Å². The molecule has 20 heavy (non-hydrogen) atoms. The van der Waals surface area contributed by atoms with E-state index >= 15 is 0 Å². The molecule has 0 bridgehead atoms. The molecule has 1 saturated carbocycles. The molecule has 0 amide bonds. The summed E-state index contributed by atoms with van der Waals surface area (Å²) in [5.41, 5.74) is 0. The summed E-state index contributed by atoms with van der Waals surface area (Å²) in [4.78, 5) is 16.9. The first-order valence-corrected chi connectivity index (χ1v) is 6.80. The Morgan fingerprint density at radius 2 is 2.10 bits per heavy atom. The second-order valence-corrected chi connectivity index (χ2v) is 5.10. The van der Waals surface area contributed by atoms with Crippen LogP contribution >= 0.6 is 0 Å². The van der Waals surface area contributed by atoms with E-state index in [4.69, 9.17) is 0 Å². The van der Waals surface area contributed by atoms with E-state index in [1.807, 2.05) is 0 Å². The third-order valence-electron chi connectivity index (χ3n) is 3.23. The summed E-state index contributed by atoms with van der Waals surface area (Å²) in [6, 6.07) is 0.346. The summed E-state index contributed by atoms with van der Waals surface area (Å²) in [6.45, 7) is 2.15. The van der Waals surface area contributed by atoms with Gasteiger partial charge in [0.15, 0.2) is 0 Å². The van der Waals surface area contributed by atoms with Crippen LogP contribution < -0.4 is 10.6 Å². The van der Waals surface area contributed by atoms with Crippen molar-refractivity contribution < 1.29 is 0 Å². The monoisotopic (exact) mass is 274 g/mol. The largest absolute Gasteiger partial charge is 0.357 e. The molecule has 1 aliphatic rings. The Labute approximate surface area is 117 Å². The second kappa shape index (κ2) is 5.40. The van der Waals surface area contributed by atoms with Crippen LogP contribution in [0.5, 0.6) is 0 Å². The lowest BCUT2D eigenvalue weighted by Crippen LogP contribution is -2.19. The highest BCUT2D eigenvalue weighted by Gasteiger charge is 2.24. The average molecular weight is 274 g/mol. The first-order valence-electron chi connectivity index (χ1n) is 6.80. The van der Waals surface area contributed by atoms with Crippen molar-refractivity contribution in [3.8, 4) is 5.95 Å². The van der Waals surface area contributed by atoms with Crippen LogP contribution in [0, 0.1) is 5.92 Å². The van der Waals surface area contributed by atoms with Gasteiger partial charge in [-0.25, -0.2) is 4.98 Å². The van der Waals surface area contributed by atoms with Gasteiger partial charge in [-0.3, -0.25) is 0 Å². The topological polar surface area (TPSA) is 93.4 Å². The number of nitrogens with one attached hydrogen (secondary N) is 2. The SMILES string of the molecule is CNc1nc(NC(C)CC2CC2)nc(-n2cncn2)n1. The quantitative estimate of drug-likeness (QED) is 0.814. The van der Waals surface area contributed by atoms with Crippen LogP contribution in [0.2, 0.25) is 0 Å². The summed E-state index contributed by atoms with van der Waals surface area (Å²) in [6.07, 6.45) is 6.85. The maximum absolute atomic E-state index is 4.38. The lowest BCUT2D eigenvalue weighted by Gasteiger charge is -2.14. The summed E-state index contributed by atoms with van der Waals surface area (Å²) >= 11 is 0. The highest BCUT2D eigenvalue weighted by Crippen LogP contribution is 2.33. The van der Waals surface area contributed by atoms with Crippen molar-refractivity contribution in [3.63, 3.8) is 0 Å². The Bertz CT molecular complexity index is 563. The van der Waals surface area contributed by atoms with Crippen molar-refractivity contribution >= 4 is 11.9 Å². The maximum atomic E-state index is 4.38. The molecule has 3 rings (SSSR count). The van der Waals surface area contributed by atoms with Crippen molar-refractivity contribution in [3.05, 3.63) is 12.7 Å². The van der Waals surface area contributed by atoms with Gasteiger partial charge in [0.1, 0.15) is 12.7 Å².